The number of amides is 2. The smallest absolute Gasteiger partial charge is 0.259 e. The van der Waals surface area contributed by atoms with E-state index in [2.05, 4.69) is 27.0 Å². The Morgan fingerprint density at radius 1 is 1.33 bits per heavy atom. The summed E-state index contributed by atoms with van der Waals surface area (Å²) in [7, 11) is 1.38. The van der Waals surface area contributed by atoms with Gasteiger partial charge in [0.25, 0.3) is 5.91 Å². The van der Waals surface area contributed by atoms with Crippen LogP contribution in [0.1, 0.15) is 20.3 Å². The van der Waals surface area contributed by atoms with E-state index in [-0.39, 0.29) is 5.91 Å². The minimum absolute atomic E-state index is 0.347. The molecular weight excluding hydrogens is 190 g/mol. The minimum atomic E-state index is -0.389. The normalized spacial score (nSPS) is 9.40. The van der Waals surface area contributed by atoms with E-state index in [1.165, 1.54) is 31.7 Å². The van der Waals surface area contributed by atoms with Crippen molar-refractivity contribution >= 4 is 12.3 Å². The summed E-state index contributed by atoms with van der Waals surface area (Å²) in [6, 6.07) is 0. The second-order valence-electron chi connectivity index (χ2n) is 2.79. The molecule has 0 spiro atoms. The topological polar surface area (TPSA) is 37.4 Å². The summed E-state index contributed by atoms with van der Waals surface area (Å²) < 4.78 is 0. The zero-order chi connectivity index (χ0) is 12.3. The number of allylic oxidation sites excluding steroid dienone is 2. The average Bonchev–Trinajstić information content (AvgIpc) is 2.25. The Labute approximate surface area is 91.8 Å². The number of hydrogen-bond acceptors (Lipinski definition) is 2. The SMILES string of the molecule is C=C/C=C(\C=C)C(=O)N(C)C=O.CCC. The summed E-state index contributed by atoms with van der Waals surface area (Å²) in [6.45, 7) is 11.1. The lowest BCUT2D eigenvalue weighted by molar-refractivity contribution is -0.133. The van der Waals surface area contributed by atoms with Crippen molar-refractivity contribution in [2.24, 2.45) is 0 Å². The van der Waals surface area contributed by atoms with Gasteiger partial charge in [-0.2, -0.15) is 0 Å². The van der Waals surface area contributed by atoms with Crippen molar-refractivity contribution in [3.8, 4) is 0 Å². The molecule has 3 nitrogen and oxygen atoms in total. The van der Waals surface area contributed by atoms with Crippen molar-refractivity contribution in [3.05, 3.63) is 37.0 Å². The number of carbonyl (C=O) groups excluding carboxylic acids is 2. The van der Waals surface area contributed by atoms with Crippen LogP contribution in [-0.2, 0) is 9.59 Å². The molecule has 0 unspecified atom stereocenters. The van der Waals surface area contributed by atoms with Gasteiger partial charge in [0.15, 0.2) is 0 Å². The molecule has 2 amide bonds. The molecule has 0 radical (unpaired) electrons. The molecule has 15 heavy (non-hydrogen) atoms. The summed E-state index contributed by atoms with van der Waals surface area (Å²) in [5.41, 5.74) is 0.347. The van der Waals surface area contributed by atoms with Gasteiger partial charge in [-0.15, -0.1) is 0 Å². The van der Waals surface area contributed by atoms with Crippen LogP contribution in [0.25, 0.3) is 0 Å². The second kappa shape index (κ2) is 10.4. The maximum atomic E-state index is 11.2. The highest BCUT2D eigenvalue weighted by Gasteiger charge is 2.09. The molecule has 3 heteroatoms. The van der Waals surface area contributed by atoms with Gasteiger partial charge in [0.2, 0.25) is 6.41 Å². The fraction of sp³-hybridized carbons (Fsp3) is 0.333. The van der Waals surface area contributed by atoms with Gasteiger partial charge in [-0.05, 0) is 0 Å². The fourth-order valence-electron chi connectivity index (χ4n) is 0.605. The molecule has 0 bridgehead atoms. The van der Waals surface area contributed by atoms with Gasteiger partial charge >= 0.3 is 0 Å². The third-order valence-electron chi connectivity index (χ3n) is 1.24. The third kappa shape index (κ3) is 7.43. The van der Waals surface area contributed by atoms with Crippen LogP contribution in [0.3, 0.4) is 0 Å². The molecule has 0 saturated heterocycles. The van der Waals surface area contributed by atoms with Gasteiger partial charge in [0, 0.05) is 12.6 Å². The second-order valence-corrected chi connectivity index (χ2v) is 2.79. The van der Waals surface area contributed by atoms with Gasteiger partial charge in [-0.3, -0.25) is 14.5 Å². The van der Waals surface area contributed by atoms with Crippen LogP contribution < -0.4 is 0 Å². The largest absolute Gasteiger partial charge is 0.284 e. The maximum Gasteiger partial charge on any atom is 0.259 e. The van der Waals surface area contributed by atoms with Gasteiger partial charge in [-0.1, -0.05) is 51.7 Å². The molecule has 0 aromatic rings. The molecule has 0 saturated carbocycles. The third-order valence-corrected chi connectivity index (χ3v) is 1.24. The van der Waals surface area contributed by atoms with Gasteiger partial charge < -0.3 is 0 Å². The number of imide groups is 1. The average molecular weight is 209 g/mol. The highest BCUT2D eigenvalue weighted by molar-refractivity contribution is 6.01. The van der Waals surface area contributed by atoms with Crippen molar-refractivity contribution in [1.29, 1.82) is 0 Å². The van der Waals surface area contributed by atoms with Gasteiger partial charge in [-0.25, -0.2) is 0 Å². The van der Waals surface area contributed by atoms with Crippen LogP contribution in [0, 0.1) is 0 Å². The first-order valence-corrected chi connectivity index (χ1v) is 4.76. The molecule has 84 valence electrons. The Kier molecular flexibility index (Phi) is 11.0. The first kappa shape index (κ1) is 15.8. The first-order chi connectivity index (χ1) is 7.08. The van der Waals surface area contributed by atoms with E-state index >= 15 is 0 Å². The lowest BCUT2D eigenvalue weighted by Crippen LogP contribution is -2.25. The Hall–Kier alpha value is -1.64. The van der Waals surface area contributed by atoms with Crippen LogP contribution in [-0.4, -0.2) is 24.3 Å². The number of carbonyl (C=O) groups is 2. The molecule has 0 aliphatic heterocycles. The van der Waals surface area contributed by atoms with E-state index in [1.807, 2.05) is 0 Å². The lowest BCUT2D eigenvalue weighted by Gasteiger charge is -2.07. The molecule has 0 fully saturated rings. The molecule has 0 N–H and O–H groups in total. The van der Waals surface area contributed by atoms with Crippen LogP contribution >= 0.6 is 0 Å². The van der Waals surface area contributed by atoms with Crippen molar-refractivity contribution in [2.45, 2.75) is 20.3 Å². The molecule has 0 atom stereocenters. The van der Waals surface area contributed by atoms with Crippen LogP contribution in [0.5, 0.6) is 0 Å². The Morgan fingerprint density at radius 2 is 1.80 bits per heavy atom. The van der Waals surface area contributed by atoms with E-state index in [0.29, 0.717) is 12.0 Å². The van der Waals surface area contributed by atoms with Crippen molar-refractivity contribution in [2.75, 3.05) is 7.05 Å². The van der Waals surface area contributed by atoms with Gasteiger partial charge in [0.1, 0.15) is 0 Å². The van der Waals surface area contributed by atoms with Crippen molar-refractivity contribution in [1.82, 2.24) is 4.90 Å². The Bertz CT molecular complexity index is 254. The summed E-state index contributed by atoms with van der Waals surface area (Å²) in [6.07, 6.45) is 6.04. The van der Waals surface area contributed by atoms with Crippen LogP contribution in [0.4, 0.5) is 0 Å². The van der Waals surface area contributed by atoms with Crippen molar-refractivity contribution < 1.29 is 9.59 Å². The molecule has 0 aliphatic carbocycles. The van der Waals surface area contributed by atoms with Gasteiger partial charge in [0.05, 0.1) is 0 Å². The summed E-state index contributed by atoms with van der Waals surface area (Å²) >= 11 is 0. The summed E-state index contributed by atoms with van der Waals surface area (Å²) in [5.74, 6) is -0.389. The molecule has 0 aliphatic rings. The van der Waals surface area contributed by atoms with Crippen molar-refractivity contribution in [3.63, 3.8) is 0 Å². The number of likely N-dealkylation sites (N-methyl/N-ethyl adjacent to an activating group) is 1. The molecule has 0 heterocycles. The monoisotopic (exact) mass is 209 g/mol. The highest BCUT2D eigenvalue weighted by atomic mass is 16.2. The number of hydrogen-bond donors (Lipinski definition) is 0. The summed E-state index contributed by atoms with van der Waals surface area (Å²) in [5, 5.41) is 0. The van der Waals surface area contributed by atoms with E-state index in [9.17, 15) is 9.59 Å². The highest BCUT2D eigenvalue weighted by Crippen LogP contribution is 1.99. The summed E-state index contributed by atoms with van der Waals surface area (Å²) in [4.78, 5) is 22.3. The predicted octanol–water partition coefficient (Wildman–Crippen LogP) is 2.32. The van der Waals surface area contributed by atoms with E-state index in [1.54, 1.807) is 0 Å². The lowest BCUT2D eigenvalue weighted by atomic mass is 10.2. The van der Waals surface area contributed by atoms with Crippen LogP contribution in [0.2, 0.25) is 0 Å². The standard InChI is InChI=1S/C9H11NO2.C3H8/c1-4-6-8(5-2)9(12)10(3)7-11;1-3-2/h4-7H,1-2H2,3H3;3H2,1-2H3/b8-6+;. The van der Waals surface area contributed by atoms with E-state index < -0.39 is 0 Å². The molecule has 0 rings (SSSR count). The zero-order valence-corrected chi connectivity index (χ0v) is 9.69. The minimum Gasteiger partial charge on any atom is -0.284 e. The van der Waals surface area contributed by atoms with E-state index in [4.69, 9.17) is 0 Å². The molecular formula is C12H19NO2. The maximum absolute atomic E-state index is 11.2. The molecule has 0 aromatic carbocycles. The Balaban J connectivity index is 0. The zero-order valence-electron chi connectivity index (χ0n) is 9.69. The predicted molar refractivity (Wildman–Crippen MR) is 63.3 cm³/mol. The fourth-order valence-corrected chi connectivity index (χ4v) is 0.605. The quantitative estimate of drug-likeness (QED) is 0.405. The first-order valence-electron chi connectivity index (χ1n) is 4.76. The number of rotatable bonds is 4. The Morgan fingerprint density at radius 3 is 2.07 bits per heavy atom. The number of nitrogens with zero attached hydrogens (tertiary/aromatic N) is 1. The van der Waals surface area contributed by atoms with Crippen LogP contribution in [0.15, 0.2) is 37.0 Å². The van der Waals surface area contributed by atoms with E-state index in [0.717, 1.165) is 4.90 Å². The molecule has 0 aromatic heterocycles.